The van der Waals surface area contributed by atoms with E-state index in [0.29, 0.717) is 23.0 Å². The second-order valence-electron chi connectivity index (χ2n) is 13.9. The summed E-state index contributed by atoms with van der Waals surface area (Å²) in [6.07, 6.45) is 0. The first-order chi connectivity index (χ1) is 28.2. The zero-order valence-corrected chi connectivity index (χ0v) is 30.7. The molecule has 0 bridgehead atoms. The summed E-state index contributed by atoms with van der Waals surface area (Å²) in [6, 6.07) is 68.1. The molecule has 0 fully saturated rings. The highest BCUT2D eigenvalue weighted by Crippen LogP contribution is 2.40. The number of furan rings is 1. The van der Waals surface area contributed by atoms with E-state index >= 15 is 0 Å². The summed E-state index contributed by atoms with van der Waals surface area (Å²) < 4.78 is 6.56. The third-order valence-electron chi connectivity index (χ3n) is 10.4. The Morgan fingerprint density at radius 1 is 0.351 bits per heavy atom. The molecule has 10 rings (SSSR count). The SMILES string of the molecule is N#Cc1ccc(-c2ccc(-c3nc(-c4ccccc4)nc(-c4ccc5c(c4)oc4cccc(-c6ccc(-c7ccccc7)cc6)c45)n3)c(-c3ccccc3)c2)cc1. The van der Waals surface area contributed by atoms with E-state index in [-0.39, 0.29) is 0 Å². The fourth-order valence-electron chi connectivity index (χ4n) is 7.53. The molecule has 8 aromatic carbocycles. The Hall–Kier alpha value is -7.94. The van der Waals surface area contributed by atoms with Crippen LogP contribution in [0.1, 0.15) is 5.56 Å². The maximum Gasteiger partial charge on any atom is 0.164 e. The first-order valence-electron chi connectivity index (χ1n) is 18.8. The van der Waals surface area contributed by atoms with Crippen molar-refractivity contribution in [3.8, 4) is 84.7 Å². The van der Waals surface area contributed by atoms with Crippen molar-refractivity contribution in [2.45, 2.75) is 0 Å². The molecule has 2 heterocycles. The van der Waals surface area contributed by atoms with Crippen molar-refractivity contribution in [3.05, 3.63) is 200 Å². The molecule has 5 heteroatoms. The van der Waals surface area contributed by atoms with Gasteiger partial charge in [0.2, 0.25) is 0 Å². The van der Waals surface area contributed by atoms with Gasteiger partial charge in [-0.15, -0.1) is 0 Å². The van der Waals surface area contributed by atoms with Crippen molar-refractivity contribution in [2.75, 3.05) is 0 Å². The Morgan fingerprint density at radius 3 is 1.58 bits per heavy atom. The second kappa shape index (κ2) is 14.4. The molecule has 10 aromatic rings. The van der Waals surface area contributed by atoms with Crippen molar-refractivity contribution < 1.29 is 4.42 Å². The van der Waals surface area contributed by atoms with E-state index in [9.17, 15) is 5.26 Å². The number of hydrogen-bond acceptors (Lipinski definition) is 5. The molecule has 0 spiro atoms. The molecular weight excluding hydrogens is 697 g/mol. The first kappa shape index (κ1) is 33.6. The molecule has 0 aliphatic carbocycles. The van der Waals surface area contributed by atoms with Crippen LogP contribution in [-0.2, 0) is 0 Å². The van der Waals surface area contributed by atoms with Gasteiger partial charge in [0.05, 0.1) is 11.6 Å². The maximum absolute atomic E-state index is 9.37. The standard InChI is InChI=1S/C52H32N4O/c53-33-34-19-21-37(22-20-34)41-27-29-44(46(31-41)38-13-6-2-7-14-38)52-55-50(40-15-8-3-9-16-40)54-51(56-52)42-28-30-45-48(32-42)57-47-18-10-17-43(49(45)47)39-25-23-36(24-26-39)35-11-4-1-5-12-35/h1-32H. The zero-order valence-electron chi connectivity index (χ0n) is 30.7. The lowest BCUT2D eigenvalue weighted by molar-refractivity contribution is 0.669. The number of nitrogens with zero attached hydrogens (tertiary/aromatic N) is 4. The number of fused-ring (bicyclic) bond motifs is 3. The second-order valence-corrected chi connectivity index (χ2v) is 13.9. The summed E-state index contributed by atoms with van der Waals surface area (Å²) in [7, 11) is 0. The predicted octanol–water partition coefficient (Wildman–Crippen LogP) is 13.3. The Labute approximate surface area is 329 Å². The predicted molar refractivity (Wildman–Crippen MR) is 230 cm³/mol. The highest BCUT2D eigenvalue weighted by Gasteiger charge is 2.19. The van der Waals surface area contributed by atoms with Gasteiger partial charge in [0.15, 0.2) is 17.5 Å². The van der Waals surface area contributed by atoms with Crippen LogP contribution in [0.5, 0.6) is 0 Å². The Balaban J connectivity index is 1.10. The topological polar surface area (TPSA) is 75.6 Å². The highest BCUT2D eigenvalue weighted by molar-refractivity contribution is 6.13. The minimum absolute atomic E-state index is 0.549. The number of nitriles is 1. The maximum atomic E-state index is 9.37. The van der Waals surface area contributed by atoms with Gasteiger partial charge in [-0.05, 0) is 87.0 Å². The molecule has 0 aliphatic heterocycles. The molecule has 0 saturated carbocycles. The first-order valence-corrected chi connectivity index (χ1v) is 18.8. The van der Waals surface area contributed by atoms with E-state index in [1.54, 1.807) is 0 Å². The minimum atomic E-state index is 0.549. The quantitative estimate of drug-likeness (QED) is 0.163. The van der Waals surface area contributed by atoms with Crippen LogP contribution < -0.4 is 0 Å². The molecule has 2 aromatic heterocycles. The highest BCUT2D eigenvalue weighted by atomic mass is 16.3. The van der Waals surface area contributed by atoms with E-state index in [4.69, 9.17) is 19.4 Å². The van der Waals surface area contributed by atoms with E-state index < -0.39 is 0 Å². The van der Waals surface area contributed by atoms with Crippen molar-refractivity contribution >= 4 is 21.9 Å². The van der Waals surface area contributed by atoms with Crippen molar-refractivity contribution in [3.63, 3.8) is 0 Å². The molecule has 0 radical (unpaired) electrons. The normalized spacial score (nSPS) is 11.1. The third-order valence-corrected chi connectivity index (χ3v) is 10.4. The molecule has 0 unspecified atom stereocenters. The number of benzene rings is 8. The minimum Gasteiger partial charge on any atom is -0.456 e. The van der Waals surface area contributed by atoms with Crippen LogP contribution in [0.25, 0.3) is 101 Å². The molecule has 0 atom stereocenters. The number of hydrogen-bond donors (Lipinski definition) is 0. The Kier molecular flexibility index (Phi) is 8.48. The smallest absolute Gasteiger partial charge is 0.164 e. The van der Waals surface area contributed by atoms with E-state index in [1.807, 2.05) is 97.1 Å². The Bertz CT molecular complexity index is 3100. The van der Waals surface area contributed by atoms with Gasteiger partial charge >= 0.3 is 0 Å². The van der Waals surface area contributed by atoms with Gasteiger partial charge in [-0.25, -0.2) is 15.0 Å². The summed E-state index contributed by atoms with van der Waals surface area (Å²) in [4.78, 5) is 15.3. The summed E-state index contributed by atoms with van der Waals surface area (Å²) in [6.45, 7) is 0. The zero-order chi connectivity index (χ0) is 38.1. The monoisotopic (exact) mass is 728 g/mol. The van der Waals surface area contributed by atoms with Crippen LogP contribution in [-0.4, -0.2) is 15.0 Å². The van der Waals surface area contributed by atoms with Crippen molar-refractivity contribution in [2.24, 2.45) is 0 Å². The molecule has 0 aliphatic rings. The molecule has 5 nitrogen and oxygen atoms in total. The fraction of sp³-hybridized carbons (Fsp3) is 0. The van der Waals surface area contributed by atoms with Gasteiger partial charge in [-0.3, -0.25) is 0 Å². The average molecular weight is 729 g/mol. The van der Waals surface area contributed by atoms with Crippen LogP contribution >= 0.6 is 0 Å². The molecule has 57 heavy (non-hydrogen) atoms. The summed E-state index contributed by atoms with van der Waals surface area (Å²) in [5.74, 6) is 1.69. The third kappa shape index (κ3) is 6.42. The summed E-state index contributed by atoms with van der Waals surface area (Å²) in [5.41, 5.74) is 13.5. The lowest BCUT2D eigenvalue weighted by Crippen LogP contribution is -2.01. The van der Waals surface area contributed by atoms with Crippen LogP contribution in [0, 0.1) is 11.3 Å². The van der Waals surface area contributed by atoms with Gasteiger partial charge in [-0.2, -0.15) is 5.26 Å². The van der Waals surface area contributed by atoms with E-state index in [2.05, 4.69) is 103 Å². The van der Waals surface area contributed by atoms with Crippen LogP contribution in [0.4, 0.5) is 0 Å². The van der Waals surface area contributed by atoms with Gasteiger partial charge in [0, 0.05) is 27.5 Å². The van der Waals surface area contributed by atoms with Crippen molar-refractivity contribution in [1.29, 1.82) is 5.26 Å². The van der Waals surface area contributed by atoms with Gasteiger partial charge in [0.1, 0.15) is 11.2 Å². The Morgan fingerprint density at radius 2 is 0.877 bits per heavy atom. The molecule has 0 amide bonds. The summed E-state index contributed by atoms with van der Waals surface area (Å²) in [5, 5.41) is 11.5. The van der Waals surface area contributed by atoms with Gasteiger partial charge in [0.25, 0.3) is 0 Å². The molecule has 266 valence electrons. The number of aromatic nitrogens is 3. The van der Waals surface area contributed by atoms with Crippen LogP contribution in [0.3, 0.4) is 0 Å². The lowest BCUT2D eigenvalue weighted by atomic mass is 9.94. The molecule has 0 saturated heterocycles. The lowest BCUT2D eigenvalue weighted by Gasteiger charge is -2.14. The van der Waals surface area contributed by atoms with E-state index in [1.165, 1.54) is 11.1 Å². The van der Waals surface area contributed by atoms with Crippen LogP contribution in [0.2, 0.25) is 0 Å². The van der Waals surface area contributed by atoms with Crippen LogP contribution in [0.15, 0.2) is 199 Å². The van der Waals surface area contributed by atoms with Gasteiger partial charge in [-0.1, -0.05) is 152 Å². The van der Waals surface area contributed by atoms with Gasteiger partial charge < -0.3 is 4.42 Å². The average Bonchev–Trinajstić information content (AvgIpc) is 3.68. The van der Waals surface area contributed by atoms with E-state index in [0.717, 1.165) is 72.0 Å². The molecular formula is C52H32N4O. The molecule has 0 N–H and O–H groups in total. The fourth-order valence-corrected chi connectivity index (χ4v) is 7.53. The number of rotatable bonds is 7. The summed E-state index contributed by atoms with van der Waals surface area (Å²) >= 11 is 0. The largest absolute Gasteiger partial charge is 0.456 e. The van der Waals surface area contributed by atoms with Crippen molar-refractivity contribution in [1.82, 2.24) is 15.0 Å².